The molecule has 1 amide bonds. The topological polar surface area (TPSA) is 90.3 Å². The first-order valence-electron chi connectivity index (χ1n) is 6.36. The Morgan fingerprint density at radius 3 is 2.80 bits per heavy atom. The van der Waals surface area contributed by atoms with Crippen LogP contribution in [-0.4, -0.2) is 37.3 Å². The SMILES string of the molecule is N#Cc1ccccc1S(=O)(=O)N1C2CCC1C(=O)NC2. The number of rotatable bonds is 2. The molecule has 2 heterocycles. The molecule has 6 nitrogen and oxygen atoms in total. The van der Waals surface area contributed by atoms with Crippen molar-refractivity contribution in [1.82, 2.24) is 9.62 Å². The van der Waals surface area contributed by atoms with Crippen molar-refractivity contribution in [3.63, 3.8) is 0 Å². The van der Waals surface area contributed by atoms with Gasteiger partial charge in [0.1, 0.15) is 12.1 Å². The number of hydrogen-bond donors (Lipinski definition) is 1. The molecule has 2 aliphatic rings. The molecule has 2 saturated heterocycles. The van der Waals surface area contributed by atoms with Crippen molar-refractivity contribution < 1.29 is 13.2 Å². The number of amides is 1. The predicted molar refractivity (Wildman–Crippen MR) is 70.0 cm³/mol. The summed E-state index contributed by atoms with van der Waals surface area (Å²) >= 11 is 0. The van der Waals surface area contributed by atoms with E-state index >= 15 is 0 Å². The van der Waals surface area contributed by atoms with Crippen LogP contribution in [0.1, 0.15) is 18.4 Å². The second kappa shape index (κ2) is 4.58. The number of sulfonamides is 1. The lowest BCUT2D eigenvalue weighted by Gasteiger charge is -2.33. The third-order valence-electron chi connectivity index (χ3n) is 3.82. The normalized spacial score (nSPS) is 26.1. The van der Waals surface area contributed by atoms with Crippen LogP contribution in [0.15, 0.2) is 29.2 Å². The number of carbonyl (C=O) groups excluding carboxylic acids is 1. The van der Waals surface area contributed by atoms with Crippen molar-refractivity contribution in [2.24, 2.45) is 0 Å². The van der Waals surface area contributed by atoms with Gasteiger partial charge in [-0.3, -0.25) is 4.79 Å². The maximum absolute atomic E-state index is 12.8. The molecule has 2 atom stereocenters. The third-order valence-corrected chi connectivity index (χ3v) is 5.84. The Morgan fingerprint density at radius 2 is 2.05 bits per heavy atom. The first-order chi connectivity index (χ1) is 9.55. The lowest BCUT2D eigenvalue weighted by atomic mass is 10.2. The summed E-state index contributed by atoms with van der Waals surface area (Å²) < 4.78 is 26.8. The van der Waals surface area contributed by atoms with Crippen LogP contribution in [-0.2, 0) is 14.8 Å². The van der Waals surface area contributed by atoms with Gasteiger partial charge in [0.05, 0.1) is 10.5 Å². The molecule has 0 saturated carbocycles. The lowest BCUT2D eigenvalue weighted by molar-refractivity contribution is -0.126. The monoisotopic (exact) mass is 291 g/mol. The fourth-order valence-corrected chi connectivity index (χ4v) is 4.87. The molecule has 2 bridgehead atoms. The van der Waals surface area contributed by atoms with Crippen LogP contribution in [0.5, 0.6) is 0 Å². The average Bonchev–Trinajstić information content (AvgIpc) is 2.81. The molecule has 1 aromatic rings. The summed E-state index contributed by atoms with van der Waals surface area (Å²) in [5.74, 6) is -0.253. The standard InChI is InChI=1S/C13H13N3O3S/c14-7-9-3-1-2-4-12(9)20(18,19)16-10-5-6-11(16)13(17)15-8-10/h1-4,10-11H,5-6,8H2,(H,15,17). The molecule has 0 aliphatic carbocycles. The van der Waals surface area contributed by atoms with E-state index < -0.39 is 16.1 Å². The number of fused-ring (bicyclic) bond motifs is 2. The number of hydrogen-bond acceptors (Lipinski definition) is 4. The second-order valence-corrected chi connectivity index (χ2v) is 6.75. The Bertz CT molecular complexity index is 708. The van der Waals surface area contributed by atoms with E-state index in [1.807, 2.05) is 6.07 Å². The zero-order valence-electron chi connectivity index (χ0n) is 10.6. The molecule has 1 N–H and O–H groups in total. The number of nitrogens with zero attached hydrogens (tertiary/aromatic N) is 2. The van der Waals surface area contributed by atoms with E-state index in [9.17, 15) is 13.2 Å². The number of nitrogens with one attached hydrogen (secondary N) is 1. The van der Waals surface area contributed by atoms with Gasteiger partial charge in [-0.05, 0) is 25.0 Å². The molecular weight excluding hydrogens is 278 g/mol. The predicted octanol–water partition coefficient (Wildman–Crippen LogP) is 0.210. The minimum Gasteiger partial charge on any atom is -0.353 e. The van der Waals surface area contributed by atoms with E-state index in [0.717, 1.165) is 0 Å². The summed E-state index contributed by atoms with van der Waals surface area (Å²) in [5.41, 5.74) is 0.109. The highest BCUT2D eigenvalue weighted by molar-refractivity contribution is 7.89. The van der Waals surface area contributed by atoms with Crippen LogP contribution in [0.25, 0.3) is 0 Å². The van der Waals surface area contributed by atoms with Gasteiger partial charge in [-0.25, -0.2) is 8.42 Å². The van der Waals surface area contributed by atoms with Crippen molar-refractivity contribution >= 4 is 15.9 Å². The van der Waals surface area contributed by atoms with Gasteiger partial charge in [-0.1, -0.05) is 12.1 Å². The van der Waals surface area contributed by atoms with E-state index in [4.69, 9.17) is 5.26 Å². The van der Waals surface area contributed by atoms with Crippen LogP contribution in [0.3, 0.4) is 0 Å². The summed E-state index contributed by atoms with van der Waals surface area (Å²) in [7, 11) is -3.82. The third kappa shape index (κ3) is 1.80. The average molecular weight is 291 g/mol. The summed E-state index contributed by atoms with van der Waals surface area (Å²) in [4.78, 5) is 11.8. The van der Waals surface area contributed by atoms with Crippen LogP contribution < -0.4 is 5.32 Å². The summed E-state index contributed by atoms with van der Waals surface area (Å²) in [6.07, 6.45) is 1.20. The van der Waals surface area contributed by atoms with Crippen molar-refractivity contribution in [3.05, 3.63) is 29.8 Å². The van der Waals surface area contributed by atoms with Gasteiger partial charge in [-0.2, -0.15) is 9.57 Å². The highest BCUT2D eigenvalue weighted by atomic mass is 32.2. The smallest absolute Gasteiger partial charge is 0.245 e. The fraction of sp³-hybridized carbons (Fsp3) is 0.385. The highest BCUT2D eigenvalue weighted by Crippen LogP contribution is 2.34. The Balaban J connectivity index is 2.09. The summed E-state index contributed by atoms with van der Waals surface area (Å²) in [6.45, 7) is 0.337. The molecule has 0 spiro atoms. The van der Waals surface area contributed by atoms with Crippen LogP contribution in [0.4, 0.5) is 0 Å². The zero-order chi connectivity index (χ0) is 14.3. The van der Waals surface area contributed by atoms with Crippen LogP contribution >= 0.6 is 0 Å². The Hall–Kier alpha value is -1.91. The van der Waals surface area contributed by atoms with Crippen molar-refractivity contribution in [2.45, 2.75) is 29.8 Å². The van der Waals surface area contributed by atoms with Crippen molar-refractivity contribution in [2.75, 3.05) is 6.54 Å². The Morgan fingerprint density at radius 1 is 1.30 bits per heavy atom. The van der Waals surface area contributed by atoms with E-state index in [1.54, 1.807) is 12.1 Å². The summed E-state index contributed by atoms with van der Waals surface area (Å²) in [5, 5.41) is 11.8. The molecule has 104 valence electrons. The number of piperazine rings is 1. The molecule has 2 aliphatic heterocycles. The summed E-state index contributed by atoms with van der Waals surface area (Å²) in [6, 6.07) is 7.13. The number of carbonyl (C=O) groups is 1. The van der Waals surface area contributed by atoms with Gasteiger partial charge in [0.25, 0.3) is 0 Å². The molecule has 2 fully saturated rings. The van der Waals surface area contributed by atoms with Gasteiger partial charge in [-0.15, -0.1) is 0 Å². The molecular formula is C13H13N3O3S. The van der Waals surface area contributed by atoms with Gasteiger partial charge < -0.3 is 5.32 Å². The largest absolute Gasteiger partial charge is 0.353 e. The first-order valence-corrected chi connectivity index (χ1v) is 7.80. The number of nitriles is 1. The van der Waals surface area contributed by atoms with Gasteiger partial charge >= 0.3 is 0 Å². The van der Waals surface area contributed by atoms with E-state index in [2.05, 4.69) is 5.32 Å². The Kier molecular flexibility index (Phi) is 3.00. The maximum atomic E-state index is 12.8. The minimum atomic E-state index is -3.82. The van der Waals surface area contributed by atoms with Crippen molar-refractivity contribution in [1.29, 1.82) is 5.26 Å². The van der Waals surface area contributed by atoms with Crippen LogP contribution in [0.2, 0.25) is 0 Å². The highest BCUT2D eigenvalue weighted by Gasteiger charge is 2.48. The molecule has 20 heavy (non-hydrogen) atoms. The molecule has 0 aromatic heterocycles. The molecule has 0 radical (unpaired) electrons. The van der Waals surface area contributed by atoms with Gasteiger partial charge in [0.15, 0.2) is 0 Å². The van der Waals surface area contributed by atoms with Crippen molar-refractivity contribution in [3.8, 4) is 6.07 Å². The molecule has 3 rings (SSSR count). The van der Waals surface area contributed by atoms with Crippen LogP contribution in [0, 0.1) is 11.3 Å². The second-order valence-electron chi connectivity index (χ2n) is 4.94. The van der Waals surface area contributed by atoms with E-state index in [1.165, 1.54) is 16.4 Å². The zero-order valence-corrected chi connectivity index (χ0v) is 11.4. The molecule has 2 unspecified atom stereocenters. The van der Waals surface area contributed by atoms with Gasteiger partial charge in [0, 0.05) is 12.6 Å². The number of benzene rings is 1. The lowest BCUT2D eigenvalue weighted by Crippen LogP contribution is -2.57. The van der Waals surface area contributed by atoms with E-state index in [0.29, 0.717) is 19.4 Å². The minimum absolute atomic E-state index is 0.0194. The molecule has 7 heteroatoms. The van der Waals surface area contributed by atoms with Gasteiger partial charge in [0.2, 0.25) is 15.9 Å². The Labute approximate surface area is 117 Å². The molecule has 1 aromatic carbocycles. The fourth-order valence-electron chi connectivity index (χ4n) is 2.90. The maximum Gasteiger partial charge on any atom is 0.245 e. The quantitative estimate of drug-likeness (QED) is 0.843. The van der Waals surface area contributed by atoms with E-state index in [-0.39, 0.29) is 22.4 Å². The first kappa shape index (κ1) is 13.1.